The van der Waals surface area contributed by atoms with Gasteiger partial charge < -0.3 is 20.5 Å². The van der Waals surface area contributed by atoms with Gasteiger partial charge in [0.1, 0.15) is 12.1 Å². The number of carbonyl (C=O) groups is 1. The minimum Gasteiger partial charge on any atom is -0.459 e. The van der Waals surface area contributed by atoms with E-state index in [0.29, 0.717) is 28.1 Å². The molecule has 6 nitrogen and oxygen atoms in total. The van der Waals surface area contributed by atoms with Gasteiger partial charge in [-0.25, -0.2) is 4.99 Å². The number of guanidine groups is 1. The third-order valence-corrected chi connectivity index (χ3v) is 3.30. The first-order valence-corrected chi connectivity index (χ1v) is 8.74. The molecule has 0 saturated heterocycles. The van der Waals surface area contributed by atoms with Gasteiger partial charge in [0.2, 0.25) is 0 Å². The standard InChI is InChI=1S/C17H25Cl2N3O3/c1-5-20-16(22-10-15(24)25-17(2,3)4)21-9-14(23)11-6-12(18)8-13(19)7-11/h6-8,14,23H,5,9-10H2,1-4H3,(H2,20,21,22). The maximum Gasteiger partial charge on any atom is 0.328 e. The molecule has 0 radical (unpaired) electrons. The van der Waals surface area contributed by atoms with E-state index in [0.717, 1.165) is 0 Å². The Bertz CT molecular complexity index is 595. The molecule has 1 unspecified atom stereocenters. The van der Waals surface area contributed by atoms with E-state index in [1.54, 1.807) is 39.0 Å². The SMILES string of the molecule is CCNC(=NCC(=O)OC(C)(C)C)NCC(O)c1cc(Cl)cc(Cl)c1. The van der Waals surface area contributed by atoms with E-state index in [1.807, 2.05) is 6.92 Å². The van der Waals surface area contributed by atoms with Crippen molar-refractivity contribution in [1.82, 2.24) is 10.6 Å². The average molecular weight is 390 g/mol. The van der Waals surface area contributed by atoms with Gasteiger partial charge in [-0.15, -0.1) is 0 Å². The molecule has 1 aromatic rings. The van der Waals surface area contributed by atoms with Crippen LogP contribution in [0.4, 0.5) is 0 Å². The van der Waals surface area contributed by atoms with Crippen LogP contribution in [0.3, 0.4) is 0 Å². The highest BCUT2D eigenvalue weighted by atomic mass is 35.5. The second-order valence-electron chi connectivity index (χ2n) is 6.38. The molecule has 0 aliphatic rings. The summed E-state index contributed by atoms with van der Waals surface area (Å²) in [6.07, 6.45) is -0.832. The molecule has 3 N–H and O–H groups in total. The zero-order valence-electron chi connectivity index (χ0n) is 14.9. The zero-order chi connectivity index (χ0) is 19.0. The van der Waals surface area contributed by atoms with E-state index >= 15 is 0 Å². The van der Waals surface area contributed by atoms with Gasteiger partial charge in [-0.2, -0.15) is 0 Å². The van der Waals surface area contributed by atoms with Crippen molar-refractivity contribution in [3.05, 3.63) is 33.8 Å². The number of rotatable bonds is 6. The number of aliphatic hydroxyl groups excluding tert-OH is 1. The summed E-state index contributed by atoms with van der Waals surface area (Å²) in [6, 6.07) is 4.88. The Morgan fingerprint density at radius 3 is 2.36 bits per heavy atom. The van der Waals surface area contributed by atoms with Gasteiger partial charge in [0.25, 0.3) is 0 Å². The van der Waals surface area contributed by atoms with Crippen LogP contribution in [0.1, 0.15) is 39.4 Å². The first kappa shape index (κ1) is 21.5. The highest BCUT2D eigenvalue weighted by molar-refractivity contribution is 6.34. The van der Waals surface area contributed by atoms with Gasteiger partial charge in [0.15, 0.2) is 5.96 Å². The lowest BCUT2D eigenvalue weighted by molar-refractivity contribution is -0.152. The van der Waals surface area contributed by atoms with Gasteiger partial charge in [-0.3, -0.25) is 4.79 Å². The van der Waals surface area contributed by atoms with Gasteiger partial charge in [-0.1, -0.05) is 23.2 Å². The molecule has 8 heteroatoms. The number of nitrogens with one attached hydrogen (secondary N) is 2. The summed E-state index contributed by atoms with van der Waals surface area (Å²) in [5.74, 6) is -0.0209. The van der Waals surface area contributed by atoms with Crippen LogP contribution in [0.25, 0.3) is 0 Å². The number of aliphatic hydroxyl groups is 1. The highest BCUT2D eigenvalue weighted by Crippen LogP contribution is 2.23. The Kier molecular flexibility index (Phi) is 8.48. The minimum atomic E-state index is -0.832. The lowest BCUT2D eigenvalue weighted by Crippen LogP contribution is -2.40. The number of nitrogens with zero attached hydrogens (tertiary/aromatic N) is 1. The van der Waals surface area contributed by atoms with Crippen LogP contribution in [0.15, 0.2) is 23.2 Å². The van der Waals surface area contributed by atoms with Crippen LogP contribution in [-0.2, 0) is 9.53 Å². The highest BCUT2D eigenvalue weighted by Gasteiger charge is 2.16. The molecule has 0 amide bonds. The molecular weight excluding hydrogens is 365 g/mol. The van der Waals surface area contributed by atoms with Crippen molar-refractivity contribution in [3.63, 3.8) is 0 Å². The normalized spacial score (nSPS) is 13.3. The second-order valence-corrected chi connectivity index (χ2v) is 7.25. The molecular formula is C17H25Cl2N3O3. The number of benzene rings is 1. The Balaban J connectivity index is 2.65. The molecule has 1 rings (SSSR count). The van der Waals surface area contributed by atoms with Gasteiger partial charge >= 0.3 is 5.97 Å². The van der Waals surface area contributed by atoms with Crippen molar-refractivity contribution < 1.29 is 14.6 Å². The van der Waals surface area contributed by atoms with Gasteiger partial charge in [-0.05, 0) is 51.5 Å². The minimum absolute atomic E-state index is 0.119. The monoisotopic (exact) mass is 389 g/mol. The van der Waals surface area contributed by atoms with Crippen LogP contribution in [0, 0.1) is 0 Å². The van der Waals surface area contributed by atoms with E-state index in [2.05, 4.69) is 15.6 Å². The molecule has 0 aliphatic heterocycles. The largest absolute Gasteiger partial charge is 0.459 e. The average Bonchev–Trinajstić information content (AvgIpc) is 2.47. The van der Waals surface area contributed by atoms with Crippen molar-refractivity contribution in [2.45, 2.75) is 39.4 Å². The van der Waals surface area contributed by atoms with Crippen molar-refractivity contribution in [2.24, 2.45) is 4.99 Å². The fraction of sp³-hybridized carbons (Fsp3) is 0.529. The van der Waals surface area contributed by atoms with Gasteiger partial charge in [0.05, 0.1) is 6.10 Å². The molecule has 1 atom stereocenters. The Morgan fingerprint density at radius 2 is 1.84 bits per heavy atom. The fourth-order valence-electron chi connectivity index (χ4n) is 1.94. The summed E-state index contributed by atoms with van der Waals surface area (Å²) in [7, 11) is 0. The molecule has 0 saturated carbocycles. The van der Waals surface area contributed by atoms with Gasteiger partial charge in [0, 0.05) is 23.1 Å². The molecule has 1 aromatic carbocycles. The van der Waals surface area contributed by atoms with E-state index in [9.17, 15) is 9.90 Å². The predicted octanol–water partition coefficient (Wildman–Crippen LogP) is 2.92. The number of esters is 1. The summed E-state index contributed by atoms with van der Waals surface area (Å²) in [5, 5.41) is 17.1. The van der Waals surface area contributed by atoms with E-state index in [-0.39, 0.29) is 13.1 Å². The molecule has 140 valence electrons. The van der Waals surface area contributed by atoms with Crippen molar-refractivity contribution in [1.29, 1.82) is 0 Å². The number of ether oxygens (including phenoxy) is 1. The first-order valence-electron chi connectivity index (χ1n) is 7.99. The summed E-state index contributed by atoms with van der Waals surface area (Å²) < 4.78 is 5.21. The molecule has 0 spiro atoms. The molecule has 0 bridgehead atoms. The number of hydrogen-bond donors (Lipinski definition) is 3. The van der Waals surface area contributed by atoms with Crippen LogP contribution in [0.5, 0.6) is 0 Å². The zero-order valence-corrected chi connectivity index (χ0v) is 16.4. The third-order valence-electron chi connectivity index (χ3n) is 2.86. The number of halogens is 2. The molecule has 0 fully saturated rings. The number of aliphatic imine (C=N–C) groups is 1. The molecule has 0 aliphatic carbocycles. The van der Waals surface area contributed by atoms with Crippen LogP contribution in [-0.4, -0.2) is 42.3 Å². The van der Waals surface area contributed by atoms with Crippen molar-refractivity contribution >= 4 is 35.1 Å². The lowest BCUT2D eigenvalue weighted by Gasteiger charge is -2.19. The Labute approximate surface area is 158 Å². The molecule has 25 heavy (non-hydrogen) atoms. The second kappa shape index (κ2) is 9.85. The summed E-state index contributed by atoms with van der Waals surface area (Å²) >= 11 is 11.9. The maximum atomic E-state index is 11.7. The number of carbonyl (C=O) groups excluding carboxylic acids is 1. The summed E-state index contributed by atoms with van der Waals surface area (Å²) in [4.78, 5) is 15.9. The fourth-order valence-corrected chi connectivity index (χ4v) is 2.48. The van der Waals surface area contributed by atoms with Crippen LogP contribution >= 0.6 is 23.2 Å². The first-order chi connectivity index (χ1) is 11.6. The van der Waals surface area contributed by atoms with E-state index in [1.165, 1.54) is 0 Å². The lowest BCUT2D eigenvalue weighted by atomic mass is 10.1. The maximum absolute atomic E-state index is 11.7. The van der Waals surface area contributed by atoms with Crippen molar-refractivity contribution in [2.75, 3.05) is 19.6 Å². The molecule has 0 heterocycles. The Morgan fingerprint density at radius 1 is 1.24 bits per heavy atom. The van der Waals surface area contributed by atoms with E-state index < -0.39 is 17.7 Å². The Hall–Kier alpha value is -1.50. The van der Waals surface area contributed by atoms with Crippen molar-refractivity contribution in [3.8, 4) is 0 Å². The van der Waals surface area contributed by atoms with Crippen LogP contribution < -0.4 is 10.6 Å². The smallest absolute Gasteiger partial charge is 0.328 e. The summed E-state index contributed by atoms with van der Waals surface area (Å²) in [6.45, 7) is 7.96. The predicted molar refractivity (Wildman–Crippen MR) is 101 cm³/mol. The summed E-state index contributed by atoms with van der Waals surface area (Å²) in [5.41, 5.74) is 0.0356. The number of hydrogen-bond acceptors (Lipinski definition) is 4. The quantitative estimate of drug-likeness (QED) is 0.395. The van der Waals surface area contributed by atoms with Crippen LogP contribution in [0.2, 0.25) is 10.0 Å². The molecule has 0 aromatic heterocycles. The topological polar surface area (TPSA) is 83.0 Å². The van der Waals surface area contributed by atoms with E-state index in [4.69, 9.17) is 27.9 Å². The third kappa shape index (κ3) is 8.95.